The van der Waals surface area contributed by atoms with E-state index in [1.165, 1.54) is 5.56 Å². The van der Waals surface area contributed by atoms with Crippen LogP contribution < -0.4 is 4.74 Å². The largest absolute Gasteiger partial charge is 0.493 e. The molecule has 0 radical (unpaired) electrons. The Morgan fingerprint density at radius 1 is 1.11 bits per heavy atom. The second kappa shape index (κ2) is 12.0. The number of aromatic nitrogens is 1. The van der Waals surface area contributed by atoms with Crippen LogP contribution in [0.5, 0.6) is 5.75 Å². The number of hydrogen-bond donors (Lipinski definition) is 0. The van der Waals surface area contributed by atoms with Crippen LogP contribution in [0.4, 0.5) is 0 Å². The Balaban J connectivity index is 1.38. The second-order valence-corrected chi connectivity index (χ2v) is 8.54. The molecule has 0 spiro atoms. The van der Waals surface area contributed by atoms with E-state index >= 15 is 0 Å². The average Bonchev–Trinajstić information content (AvgIpc) is 3.46. The molecule has 4 rings (SSSR count). The molecule has 1 heterocycles. The molecule has 0 bridgehead atoms. The fourth-order valence-corrected chi connectivity index (χ4v) is 4.57. The minimum absolute atomic E-state index is 0.0349. The number of carbonyl (C=O) groups excluding carboxylic acids is 1. The minimum Gasteiger partial charge on any atom is -0.493 e. The minimum atomic E-state index is -0.400. The van der Waals surface area contributed by atoms with E-state index in [-0.39, 0.29) is 18.5 Å². The SMILES string of the molecule is CCOOCC(C(=O)OCC)C1CCc2cc(OCCc3nc(-c4ccccc4)oc3C)ccc21. The molecule has 0 N–H and O–H groups in total. The highest BCUT2D eigenvalue weighted by Gasteiger charge is 2.36. The zero-order chi connectivity index (χ0) is 24.6. The smallest absolute Gasteiger partial charge is 0.312 e. The zero-order valence-electron chi connectivity index (χ0n) is 20.6. The van der Waals surface area contributed by atoms with Gasteiger partial charge in [0.25, 0.3) is 0 Å². The highest BCUT2D eigenvalue weighted by molar-refractivity contribution is 5.74. The molecule has 7 heteroatoms. The summed E-state index contributed by atoms with van der Waals surface area (Å²) < 4.78 is 17.2. The van der Waals surface area contributed by atoms with Gasteiger partial charge in [0, 0.05) is 17.9 Å². The van der Waals surface area contributed by atoms with Gasteiger partial charge < -0.3 is 13.9 Å². The number of carbonyl (C=O) groups is 1. The average molecular weight is 480 g/mol. The Kier molecular flexibility index (Phi) is 8.55. The van der Waals surface area contributed by atoms with Crippen LogP contribution in [0.15, 0.2) is 52.9 Å². The number of hydrogen-bond acceptors (Lipinski definition) is 7. The van der Waals surface area contributed by atoms with Crippen molar-refractivity contribution in [3.63, 3.8) is 0 Å². The van der Waals surface area contributed by atoms with Crippen molar-refractivity contribution in [1.29, 1.82) is 0 Å². The van der Waals surface area contributed by atoms with Crippen molar-refractivity contribution in [3.8, 4) is 17.2 Å². The lowest BCUT2D eigenvalue weighted by Gasteiger charge is -2.22. The molecule has 0 amide bonds. The molecule has 7 nitrogen and oxygen atoms in total. The van der Waals surface area contributed by atoms with Crippen LogP contribution in [0.1, 0.15) is 48.8 Å². The van der Waals surface area contributed by atoms with Gasteiger partial charge in [-0.15, -0.1) is 0 Å². The molecule has 2 aromatic carbocycles. The van der Waals surface area contributed by atoms with E-state index in [1.807, 2.05) is 57.2 Å². The van der Waals surface area contributed by atoms with Crippen LogP contribution in [-0.4, -0.2) is 37.4 Å². The Morgan fingerprint density at radius 3 is 2.71 bits per heavy atom. The first-order valence-electron chi connectivity index (χ1n) is 12.3. The molecular weight excluding hydrogens is 446 g/mol. The van der Waals surface area contributed by atoms with Gasteiger partial charge in [-0.25, -0.2) is 14.8 Å². The summed E-state index contributed by atoms with van der Waals surface area (Å²) in [4.78, 5) is 27.5. The summed E-state index contributed by atoms with van der Waals surface area (Å²) in [6.07, 6.45) is 2.39. The predicted molar refractivity (Wildman–Crippen MR) is 131 cm³/mol. The lowest BCUT2D eigenvalue weighted by molar-refractivity contribution is -0.298. The van der Waals surface area contributed by atoms with Crippen molar-refractivity contribution in [2.24, 2.45) is 5.92 Å². The number of rotatable bonds is 12. The summed E-state index contributed by atoms with van der Waals surface area (Å²) in [5.41, 5.74) is 4.21. The van der Waals surface area contributed by atoms with Crippen LogP contribution in [0, 0.1) is 12.8 Å². The van der Waals surface area contributed by atoms with Gasteiger partial charge in [0.2, 0.25) is 5.89 Å². The first-order chi connectivity index (χ1) is 17.1. The van der Waals surface area contributed by atoms with Crippen LogP contribution in [-0.2, 0) is 32.1 Å². The highest BCUT2D eigenvalue weighted by Crippen LogP contribution is 2.40. The van der Waals surface area contributed by atoms with Crippen molar-refractivity contribution in [2.75, 3.05) is 26.4 Å². The Hall–Kier alpha value is -3.16. The van der Waals surface area contributed by atoms with E-state index in [4.69, 9.17) is 23.7 Å². The van der Waals surface area contributed by atoms with E-state index in [1.54, 1.807) is 0 Å². The van der Waals surface area contributed by atoms with Crippen LogP contribution >= 0.6 is 0 Å². The lowest BCUT2D eigenvalue weighted by atomic mass is 9.88. The molecule has 2 unspecified atom stereocenters. The van der Waals surface area contributed by atoms with Gasteiger partial charge in [-0.3, -0.25) is 4.79 Å². The maximum absolute atomic E-state index is 12.6. The standard InChI is InChI=1S/C28H33NO6/c1-4-31-28(30)25(18-34-33-5-2)24-13-11-21-17-22(12-14-23(21)24)32-16-15-26-19(3)35-27(29-26)20-9-7-6-8-10-20/h6-10,12,14,17,24-25H,4-5,11,13,15-16,18H2,1-3H3. The monoisotopic (exact) mass is 479 g/mol. The molecule has 0 fully saturated rings. The number of nitrogens with zero attached hydrogens (tertiary/aromatic N) is 1. The van der Waals surface area contributed by atoms with Crippen molar-refractivity contribution in [2.45, 2.75) is 46.0 Å². The molecule has 2 atom stereocenters. The normalized spacial score (nSPS) is 15.6. The number of benzene rings is 2. The summed E-state index contributed by atoms with van der Waals surface area (Å²) in [5.74, 6) is 1.64. The van der Waals surface area contributed by atoms with E-state index in [0.717, 1.165) is 41.2 Å². The summed E-state index contributed by atoms with van der Waals surface area (Å²) >= 11 is 0. The number of fused-ring (bicyclic) bond motifs is 1. The third-order valence-electron chi connectivity index (χ3n) is 6.28. The first-order valence-corrected chi connectivity index (χ1v) is 12.3. The van der Waals surface area contributed by atoms with Crippen molar-refractivity contribution in [3.05, 3.63) is 71.1 Å². The predicted octanol–water partition coefficient (Wildman–Crippen LogP) is 5.45. The molecule has 0 saturated heterocycles. The number of ether oxygens (including phenoxy) is 2. The first kappa shape index (κ1) is 24.9. The topological polar surface area (TPSA) is 80.0 Å². The summed E-state index contributed by atoms with van der Waals surface area (Å²) in [7, 11) is 0. The van der Waals surface area contributed by atoms with Gasteiger partial charge in [0.1, 0.15) is 11.5 Å². The van der Waals surface area contributed by atoms with Gasteiger partial charge in [-0.05, 0) is 69.0 Å². The van der Waals surface area contributed by atoms with Gasteiger partial charge in [-0.2, -0.15) is 0 Å². The molecule has 0 aliphatic heterocycles. The molecule has 1 aliphatic rings. The van der Waals surface area contributed by atoms with Crippen molar-refractivity contribution in [1.82, 2.24) is 4.98 Å². The molecule has 186 valence electrons. The van der Waals surface area contributed by atoms with Gasteiger partial charge in [0.05, 0.1) is 38.0 Å². The van der Waals surface area contributed by atoms with E-state index in [2.05, 4.69) is 17.1 Å². The Bertz CT molecular complexity index is 1110. The quantitative estimate of drug-likeness (QED) is 0.148. The molecule has 3 aromatic rings. The Labute approximate surface area is 206 Å². The van der Waals surface area contributed by atoms with Gasteiger partial charge >= 0.3 is 5.97 Å². The van der Waals surface area contributed by atoms with Crippen LogP contribution in [0.2, 0.25) is 0 Å². The maximum Gasteiger partial charge on any atom is 0.312 e. The summed E-state index contributed by atoms with van der Waals surface area (Å²) in [6, 6.07) is 16.0. The fourth-order valence-electron chi connectivity index (χ4n) is 4.57. The van der Waals surface area contributed by atoms with E-state index < -0.39 is 5.92 Å². The van der Waals surface area contributed by atoms with Gasteiger partial charge in [-0.1, -0.05) is 24.3 Å². The zero-order valence-corrected chi connectivity index (χ0v) is 20.6. The molecular formula is C28H33NO6. The Morgan fingerprint density at radius 2 is 1.94 bits per heavy atom. The summed E-state index contributed by atoms with van der Waals surface area (Å²) in [6.45, 7) is 7.03. The second-order valence-electron chi connectivity index (χ2n) is 8.54. The maximum atomic E-state index is 12.6. The number of aryl methyl sites for hydroxylation is 2. The molecule has 1 aromatic heterocycles. The fraction of sp³-hybridized carbons (Fsp3) is 0.429. The van der Waals surface area contributed by atoms with Crippen molar-refractivity contribution >= 4 is 5.97 Å². The van der Waals surface area contributed by atoms with Gasteiger partial charge in [0.15, 0.2) is 0 Å². The van der Waals surface area contributed by atoms with E-state index in [9.17, 15) is 4.79 Å². The van der Waals surface area contributed by atoms with Crippen molar-refractivity contribution < 1.29 is 28.5 Å². The summed E-state index contributed by atoms with van der Waals surface area (Å²) in [5, 5.41) is 0. The van der Waals surface area contributed by atoms with Crippen LogP contribution in [0.25, 0.3) is 11.5 Å². The van der Waals surface area contributed by atoms with E-state index in [0.29, 0.717) is 32.1 Å². The molecule has 0 saturated carbocycles. The molecule has 1 aliphatic carbocycles. The number of oxazole rings is 1. The third-order valence-corrected chi connectivity index (χ3v) is 6.28. The molecule has 35 heavy (non-hydrogen) atoms. The lowest BCUT2D eigenvalue weighted by Crippen LogP contribution is -2.28. The third kappa shape index (κ3) is 6.10. The van der Waals surface area contributed by atoms with Crippen LogP contribution in [0.3, 0.4) is 0 Å². The highest BCUT2D eigenvalue weighted by atomic mass is 17.2. The number of esters is 1.